The van der Waals surface area contributed by atoms with Gasteiger partial charge in [-0.3, -0.25) is 14.4 Å². The molecule has 0 radical (unpaired) electrons. The molecule has 11 heteroatoms. The molecule has 0 aliphatic carbocycles. The smallest absolute Gasteiger partial charge is 0.274 e. The molecule has 4 rings (SSSR count). The van der Waals surface area contributed by atoms with Gasteiger partial charge in [0.15, 0.2) is 11.4 Å². The molecule has 3 heterocycles. The Labute approximate surface area is 200 Å². The zero-order valence-electron chi connectivity index (χ0n) is 19.7. The van der Waals surface area contributed by atoms with Gasteiger partial charge in [-0.15, -0.1) is 0 Å². The zero-order valence-corrected chi connectivity index (χ0v) is 19.7. The molecule has 2 aromatic rings. The van der Waals surface area contributed by atoms with Crippen molar-refractivity contribution in [3.05, 3.63) is 62.6 Å². The van der Waals surface area contributed by atoms with Gasteiger partial charge in [0, 0.05) is 44.5 Å². The van der Waals surface area contributed by atoms with Crippen molar-refractivity contribution >= 4 is 11.8 Å². The Balaban J connectivity index is 1.74. The molecule has 188 valence electrons. The molecule has 1 aromatic heterocycles. The van der Waals surface area contributed by atoms with Crippen LogP contribution in [0.4, 0.5) is 8.78 Å². The minimum atomic E-state index is -1.02. The molecule has 2 amide bonds. The number of amides is 2. The summed E-state index contributed by atoms with van der Waals surface area (Å²) >= 11 is 0. The van der Waals surface area contributed by atoms with E-state index in [4.69, 9.17) is 9.47 Å². The average molecular weight is 491 g/mol. The first-order valence-electron chi connectivity index (χ1n) is 11.2. The Morgan fingerprint density at radius 1 is 1.34 bits per heavy atom. The van der Waals surface area contributed by atoms with Gasteiger partial charge in [0.2, 0.25) is 5.43 Å². The molecule has 2 unspecified atom stereocenters. The van der Waals surface area contributed by atoms with Crippen molar-refractivity contribution in [1.82, 2.24) is 14.8 Å². The lowest BCUT2D eigenvalue weighted by Crippen LogP contribution is -2.60. The van der Waals surface area contributed by atoms with Gasteiger partial charge >= 0.3 is 0 Å². The number of halogens is 2. The molecule has 2 aliphatic rings. The van der Waals surface area contributed by atoms with Gasteiger partial charge in [0.1, 0.15) is 17.2 Å². The fraction of sp³-hybridized carbons (Fsp3) is 0.458. The zero-order chi connectivity index (χ0) is 25.5. The second-order valence-corrected chi connectivity index (χ2v) is 9.16. The monoisotopic (exact) mass is 491 g/mol. The van der Waals surface area contributed by atoms with Crippen LogP contribution >= 0.6 is 0 Å². The first kappa shape index (κ1) is 24.8. The highest BCUT2D eigenvalue weighted by Crippen LogP contribution is 2.37. The van der Waals surface area contributed by atoms with Crippen molar-refractivity contribution in [2.24, 2.45) is 0 Å². The summed E-state index contributed by atoms with van der Waals surface area (Å²) in [7, 11) is 1.56. The average Bonchev–Trinajstić information content (AvgIpc) is 2.81. The number of nitrogens with one attached hydrogen (secondary N) is 1. The fourth-order valence-electron chi connectivity index (χ4n) is 4.73. The maximum absolute atomic E-state index is 14.0. The number of ether oxygens (including phenoxy) is 2. The normalized spacial score (nSPS) is 19.9. The van der Waals surface area contributed by atoms with Gasteiger partial charge in [-0.25, -0.2) is 8.78 Å². The lowest BCUT2D eigenvalue weighted by atomic mass is 9.91. The quantitative estimate of drug-likeness (QED) is 0.612. The first-order valence-corrected chi connectivity index (χ1v) is 11.2. The number of pyridine rings is 1. The van der Waals surface area contributed by atoms with Crippen molar-refractivity contribution in [2.75, 3.05) is 26.9 Å². The van der Waals surface area contributed by atoms with Crippen molar-refractivity contribution in [2.45, 2.75) is 45.0 Å². The molecular weight excluding hydrogens is 464 g/mol. The number of rotatable bonds is 7. The van der Waals surface area contributed by atoms with E-state index < -0.39 is 40.2 Å². The molecule has 0 fully saturated rings. The third kappa shape index (κ3) is 4.30. The highest BCUT2D eigenvalue weighted by Gasteiger charge is 2.47. The van der Waals surface area contributed by atoms with E-state index in [0.29, 0.717) is 19.1 Å². The van der Waals surface area contributed by atoms with Gasteiger partial charge in [0.05, 0.1) is 24.4 Å². The van der Waals surface area contributed by atoms with Gasteiger partial charge in [-0.2, -0.15) is 0 Å². The van der Waals surface area contributed by atoms with E-state index in [0.717, 1.165) is 6.07 Å². The molecule has 2 N–H and O–H groups in total. The minimum absolute atomic E-state index is 0.0210. The molecular formula is C24H27F2N3O6. The number of aromatic nitrogens is 1. The second-order valence-electron chi connectivity index (χ2n) is 9.16. The number of benzene rings is 1. The molecule has 35 heavy (non-hydrogen) atoms. The predicted octanol–water partition coefficient (Wildman–Crippen LogP) is 1.89. The van der Waals surface area contributed by atoms with Crippen LogP contribution in [0.1, 0.15) is 52.4 Å². The lowest BCUT2D eigenvalue weighted by molar-refractivity contribution is -0.0249. The van der Waals surface area contributed by atoms with E-state index in [1.165, 1.54) is 10.6 Å². The number of hydrogen-bond donors (Lipinski definition) is 2. The number of hydrogen-bond acceptors (Lipinski definition) is 6. The summed E-state index contributed by atoms with van der Waals surface area (Å²) in [6, 6.07) is 2.69. The molecule has 2 aliphatic heterocycles. The predicted molar refractivity (Wildman–Crippen MR) is 120 cm³/mol. The van der Waals surface area contributed by atoms with Gasteiger partial charge < -0.3 is 29.4 Å². The van der Waals surface area contributed by atoms with Crippen LogP contribution in [0.15, 0.2) is 23.0 Å². The third-order valence-corrected chi connectivity index (χ3v) is 6.57. The Kier molecular flexibility index (Phi) is 6.65. The Morgan fingerprint density at radius 3 is 2.77 bits per heavy atom. The van der Waals surface area contributed by atoms with Crippen LogP contribution in [0.25, 0.3) is 0 Å². The molecule has 0 saturated carbocycles. The van der Waals surface area contributed by atoms with Crippen molar-refractivity contribution in [1.29, 1.82) is 0 Å². The van der Waals surface area contributed by atoms with Crippen LogP contribution < -0.4 is 10.7 Å². The third-order valence-electron chi connectivity index (χ3n) is 6.57. The summed E-state index contributed by atoms with van der Waals surface area (Å²) < 4.78 is 39.5. The van der Waals surface area contributed by atoms with Crippen molar-refractivity contribution in [3.63, 3.8) is 0 Å². The van der Waals surface area contributed by atoms with Crippen LogP contribution in [-0.4, -0.2) is 59.3 Å². The summed E-state index contributed by atoms with van der Waals surface area (Å²) in [5, 5.41) is 13.3. The summed E-state index contributed by atoms with van der Waals surface area (Å²) in [4.78, 5) is 41.1. The number of nitrogens with zero attached hydrogens (tertiary/aromatic N) is 2. The molecule has 2 atom stereocenters. The topological polar surface area (TPSA) is 110 Å². The number of carbonyl (C=O) groups excluding carboxylic acids is 2. The van der Waals surface area contributed by atoms with Crippen molar-refractivity contribution < 1.29 is 33.0 Å². The summed E-state index contributed by atoms with van der Waals surface area (Å²) in [5.41, 5.74) is -2.25. The van der Waals surface area contributed by atoms with E-state index in [1.54, 1.807) is 12.0 Å². The van der Waals surface area contributed by atoms with E-state index in [-0.39, 0.29) is 54.9 Å². The number of carbonyl (C=O) groups is 2. The highest BCUT2D eigenvalue weighted by molar-refractivity contribution is 6.00. The minimum Gasteiger partial charge on any atom is -0.503 e. The highest BCUT2D eigenvalue weighted by atomic mass is 19.1. The SMILES string of the molecule is COCCC(C)N1CC2(C)COCc3c(C(=O)NCc4ccc(F)cc4F)c(=O)c(O)c(n32)C1=O. The molecule has 0 saturated heterocycles. The standard InChI is InChI=1S/C24H27F2N3O6/c1-13(6-7-34-3)28-11-24(2)12-35-10-17-18(20(30)21(31)19(23(28)33)29(17)24)22(32)27-9-14-4-5-15(25)8-16(14)26/h4-5,8,13,31H,6-7,9-12H2,1-3H3,(H,27,32). The first-order chi connectivity index (χ1) is 16.6. The molecule has 1 aromatic carbocycles. The second kappa shape index (κ2) is 9.38. The van der Waals surface area contributed by atoms with E-state index in [1.807, 2.05) is 13.8 Å². The number of aromatic hydroxyl groups is 1. The van der Waals surface area contributed by atoms with Crippen LogP contribution in [0.2, 0.25) is 0 Å². The molecule has 0 bridgehead atoms. The van der Waals surface area contributed by atoms with Gasteiger partial charge in [-0.1, -0.05) is 6.07 Å². The van der Waals surface area contributed by atoms with Crippen LogP contribution in [0.3, 0.4) is 0 Å². The maximum Gasteiger partial charge on any atom is 0.274 e. The van der Waals surface area contributed by atoms with E-state index >= 15 is 0 Å². The summed E-state index contributed by atoms with van der Waals surface area (Å²) in [6.45, 7) is 4.09. The van der Waals surface area contributed by atoms with Gasteiger partial charge in [0.25, 0.3) is 11.8 Å². The van der Waals surface area contributed by atoms with Crippen LogP contribution in [0.5, 0.6) is 5.75 Å². The molecule has 0 spiro atoms. The Bertz CT molecular complexity index is 1250. The summed E-state index contributed by atoms with van der Waals surface area (Å²) in [5.74, 6) is -3.82. The molecule has 9 nitrogen and oxygen atoms in total. The van der Waals surface area contributed by atoms with Crippen LogP contribution in [-0.2, 0) is 28.2 Å². The van der Waals surface area contributed by atoms with Crippen molar-refractivity contribution in [3.8, 4) is 5.75 Å². The van der Waals surface area contributed by atoms with E-state index in [2.05, 4.69) is 5.32 Å². The van der Waals surface area contributed by atoms with Crippen LogP contribution in [0, 0.1) is 11.6 Å². The van der Waals surface area contributed by atoms with E-state index in [9.17, 15) is 28.3 Å². The summed E-state index contributed by atoms with van der Waals surface area (Å²) in [6.07, 6.45) is 0.553. The Hall–Kier alpha value is -3.31. The maximum atomic E-state index is 14.0. The largest absolute Gasteiger partial charge is 0.503 e. The Morgan fingerprint density at radius 2 is 2.09 bits per heavy atom. The fourth-order valence-corrected chi connectivity index (χ4v) is 4.73. The van der Waals surface area contributed by atoms with Gasteiger partial charge in [-0.05, 0) is 26.3 Å². The lowest BCUT2D eigenvalue weighted by Gasteiger charge is -2.48. The number of methoxy groups -OCH3 is 1.